The van der Waals surface area contributed by atoms with Crippen molar-refractivity contribution in [1.29, 1.82) is 0 Å². The molecule has 1 N–H and O–H groups in total. The summed E-state index contributed by atoms with van der Waals surface area (Å²) in [5.41, 5.74) is 2.68. The number of nitrogens with one attached hydrogen (secondary N) is 1. The van der Waals surface area contributed by atoms with Gasteiger partial charge in [0.25, 0.3) is 0 Å². The monoisotopic (exact) mass is 328 g/mol. The van der Waals surface area contributed by atoms with Crippen LogP contribution in [0.2, 0.25) is 0 Å². The van der Waals surface area contributed by atoms with Crippen molar-refractivity contribution in [3.8, 4) is 0 Å². The predicted octanol–water partition coefficient (Wildman–Crippen LogP) is 3.50. The van der Waals surface area contributed by atoms with Crippen molar-refractivity contribution in [3.63, 3.8) is 0 Å². The number of thioether (sulfide) groups is 1. The van der Waals surface area contributed by atoms with Gasteiger partial charge in [-0.15, -0.1) is 0 Å². The van der Waals surface area contributed by atoms with Crippen LogP contribution < -0.4 is 10.2 Å². The van der Waals surface area contributed by atoms with E-state index in [9.17, 15) is 0 Å². The highest BCUT2D eigenvalue weighted by atomic mass is 79.9. The molecule has 100 valence electrons. The zero-order valence-corrected chi connectivity index (χ0v) is 13.5. The summed E-state index contributed by atoms with van der Waals surface area (Å²) in [6, 6.07) is 7.25. The highest BCUT2D eigenvalue weighted by Gasteiger charge is 2.13. The highest BCUT2D eigenvalue weighted by molar-refractivity contribution is 9.10. The second kappa shape index (κ2) is 6.83. The van der Waals surface area contributed by atoms with Crippen LogP contribution in [0, 0.1) is 0 Å². The molecule has 0 unspecified atom stereocenters. The Hall–Kier alpha value is -0.190. The van der Waals surface area contributed by atoms with Gasteiger partial charge in [-0.3, -0.25) is 0 Å². The first-order valence-electron chi connectivity index (χ1n) is 6.51. The zero-order chi connectivity index (χ0) is 13.0. The second-order valence-electron chi connectivity index (χ2n) is 4.92. The standard InChI is InChI=1S/C14H21BrN2S/c1-11(2)16-10-12-3-4-14(13(15)9-12)17-5-7-18-8-6-17/h3-4,9,11,16H,5-8,10H2,1-2H3. The number of hydrogen-bond acceptors (Lipinski definition) is 3. The normalized spacial score (nSPS) is 16.3. The van der Waals surface area contributed by atoms with Gasteiger partial charge < -0.3 is 10.2 Å². The fraction of sp³-hybridized carbons (Fsp3) is 0.571. The average Bonchev–Trinajstić information content (AvgIpc) is 2.37. The maximum atomic E-state index is 3.71. The molecular weight excluding hydrogens is 308 g/mol. The van der Waals surface area contributed by atoms with E-state index in [2.05, 4.69) is 58.2 Å². The molecule has 2 rings (SSSR count). The maximum Gasteiger partial charge on any atom is 0.0511 e. The van der Waals surface area contributed by atoms with Crippen LogP contribution in [-0.2, 0) is 6.54 Å². The van der Waals surface area contributed by atoms with E-state index in [0.717, 1.165) is 19.6 Å². The summed E-state index contributed by atoms with van der Waals surface area (Å²) in [6.45, 7) is 7.61. The number of anilines is 1. The smallest absolute Gasteiger partial charge is 0.0511 e. The molecule has 2 nitrogen and oxygen atoms in total. The van der Waals surface area contributed by atoms with Crippen LogP contribution in [0.1, 0.15) is 19.4 Å². The van der Waals surface area contributed by atoms with Crippen molar-refractivity contribution in [2.75, 3.05) is 29.5 Å². The van der Waals surface area contributed by atoms with Gasteiger partial charge in [0.2, 0.25) is 0 Å². The van der Waals surface area contributed by atoms with E-state index in [1.165, 1.54) is 27.2 Å². The van der Waals surface area contributed by atoms with Crippen molar-refractivity contribution in [1.82, 2.24) is 5.32 Å². The number of nitrogens with zero attached hydrogens (tertiary/aromatic N) is 1. The molecule has 1 aliphatic heterocycles. The van der Waals surface area contributed by atoms with Gasteiger partial charge >= 0.3 is 0 Å². The van der Waals surface area contributed by atoms with Crippen LogP contribution in [0.3, 0.4) is 0 Å². The summed E-state index contributed by atoms with van der Waals surface area (Å²) in [5.74, 6) is 2.48. The molecule has 18 heavy (non-hydrogen) atoms. The molecule has 0 spiro atoms. The molecule has 1 fully saturated rings. The summed E-state index contributed by atoms with van der Waals surface area (Å²) >= 11 is 5.76. The Balaban J connectivity index is 2.04. The molecule has 1 heterocycles. The predicted molar refractivity (Wildman–Crippen MR) is 85.7 cm³/mol. The molecule has 0 amide bonds. The van der Waals surface area contributed by atoms with Crippen LogP contribution >= 0.6 is 27.7 Å². The van der Waals surface area contributed by atoms with E-state index in [0.29, 0.717) is 6.04 Å². The molecule has 0 bridgehead atoms. The molecule has 1 aliphatic rings. The SMILES string of the molecule is CC(C)NCc1ccc(N2CCSCC2)c(Br)c1. The van der Waals surface area contributed by atoms with Gasteiger partial charge in [0.1, 0.15) is 0 Å². The van der Waals surface area contributed by atoms with Crippen LogP contribution in [0.25, 0.3) is 0 Å². The third-order valence-electron chi connectivity index (χ3n) is 3.08. The lowest BCUT2D eigenvalue weighted by molar-refractivity contribution is 0.588. The highest BCUT2D eigenvalue weighted by Crippen LogP contribution is 2.29. The summed E-state index contributed by atoms with van der Waals surface area (Å²) in [5, 5.41) is 3.45. The average molecular weight is 329 g/mol. The van der Waals surface area contributed by atoms with Crippen LogP contribution in [-0.4, -0.2) is 30.6 Å². The Labute approximate surface area is 123 Å². The van der Waals surface area contributed by atoms with Crippen molar-refractivity contribution < 1.29 is 0 Å². The van der Waals surface area contributed by atoms with E-state index in [1.807, 2.05) is 11.8 Å². The van der Waals surface area contributed by atoms with Crippen molar-refractivity contribution in [3.05, 3.63) is 28.2 Å². The lowest BCUT2D eigenvalue weighted by Crippen LogP contribution is -2.32. The van der Waals surface area contributed by atoms with E-state index in [4.69, 9.17) is 0 Å². The van der Waals surface area contributed by atoms with E-state index in [-0.39, 0.29) is 0 Å². The van der Waals surface area contributed by atoms with E-state index in [1.54, 1.807) is 0 Å². The van der Waals surface area contributed by atoms with Crippen LogP contribution in [0.5, 0.6) is 0 Å². The quantitative estimate of drug-likeness (QED) is 0.910. The van der Waals surface area contributed by atoms with Gasteiger partial charge in [-0.25, -0.2) is 0 Å². The summed E-state index contributed by atoms with van der Waals surface area (Å²) < 4.78 is 1.22. The largest absolute Gasteiger partial charge is 0.369 e. The summed E-state index contributed by atoms with van der Waals surface area (Å²) in [4.78, 5) is 2.47. The van der Waals surface area contributed by atoms with Crippen molar-refractivity contribution >= 4 is 33.4 Å². The first-order valence-corrected chi connectivity index (χ1v) is 8.46. The molecule has 0 aromatic heterocycles. The minimum absolute atomic E-state index is 0.530. The molecule has 0 radical (unpaired) electrons. The fourth-order valence-electron chi connectivity index (χ4n) is 2.04. The summed E-state index contributed by atoms with van der Waals surface area (Å²) in [7, 11) is 0. The molecule has 0 atom stereocenters. The van der Waals surface area contributed by atoms with Crippen LogP contribution in [0.15, 0.2) is 22.7 Å². The third-order valence-corrected chi connectivity index (χ3v) is 4.66. The minimum Gasteiger partial charge on any atom is -0.369 e. The lowest BCUT2D eigenvalue weighted by Gasteiger charge is -2.29. The van der Waals surface area contributed by atoms with E-state index >= 15 is 0 Å². The van der Waals surface area contributed by atoms with Gasteiger partial charge in [-0.1, -0.05) is 19.9 Å². The molecular formula is C14H21BrN2S. The molecule has 1 aromatic rings. The van der Waals surface area contributed by atoms with E-state index < -0.39 is 0 Å². The first-order chi connectivity index (χ1) is 8.66. The Morgan fingerprint density at radius 1 is 1.33 bits per heavy atom. The van der Waals surface area contributed by atoms with Gasteiger partial charge in [0.05, 0.1) is 5.69 Å². The molecule has 4 heteroatoms. The molecule has 1 saturated heterocycles. The number of benzene rings is 1. The molecule has 1 aromatic carbocycles. The number of hydrogen-bond donors (Lipinski definition) is 1. The zero-order valence-electron chi connectivity index (χ0n) is 11.1. The van der Waals surface area contributed by atoms with Crippen LogP contribution in [0.4, 0.5) is 5.69 Å². The minimum atomic E-state index is 0.530. The van der Waals surface area contributed by atoms with Crippen molar-refractivity contribution in [2.45, 2.75) is 26.4 Å². The Bertz CT molecular complexity index is 389. The topological polar surface area (TPSA) is 15.3 Å². The number of rotatable bonds is 4. The van der Waals surface area contributed by atoms with Gasteiger partial charge in [0.15, 0.2) is 0 Å². The molecule has 0 aliphatic carbocycles. The second-order valence-corrected chi connectivity index (χ2v) is 7.00. The molecule has 0 saturated carbocycles. The van der Waals surface area contributed by atoms with Gasteiger partial charge in [-0.2, -0.15) is 11.8 Å². The summed E-state index contributed by atoms with van der Waals surface area (Å²) in [6.07, 6.45) is 0. The Kier molecular flexibility index (Phi) is 5.39. The lowest BCUT2D eigenvalue weighted by atomic mass is 10.2. The Morgan fingerprint density at radius 2 is 2.06 bits per heavy atom. The Morgan fingerprint density at radius 3 is 2.67 bits per heavy atom. The fourth-order valence-corrected chi connectivity index (χ4v) is 3.62. The number of halogens is 1. The van der Waals surface area contributed by atoms with Gasteiger partial charge in [-0.05, 0) is 33.6 Å². The third kappa shape index (κ3) is 3.90. The maximum absolute atomic E-state index is 3.71. The van der Waals surface area contributed by atoms with Crippen molar-refractivity contribution in [2.24, 2.45) is 0 Å². The van der Waals surface area contributed by atoms with Gasteiger partial charge in [0, 0.05) is 41.7 Å². The first kappa shape index (κ1) is 14.2.